The van der Waals surface area contributed by atoms with Crippen LogP contribution in [-0.4, -0.2) is 29.1 Å². The molecule has 0 amide bonds. The molecule has 2 bridgehead atoms. The van der Waals surface area contributed by atoms with Crippen molar-refractivity contribution in [2.45, 2.75) is 31.7 Å². The average Bonchev–Trinajstić information content (AvgIpc) is 3.20. The number of hydrogen-bond donors (Lipinski definition) is 1. The zero-order chi connectivity index (χ0) is 20.8. The smallest absolute Gasteiger partial charge is 0.311 e. The maximum atomic E-state index is 15.5. The van der Waals surface area contributed by atoms with E-state index in [-0.39, 0.29) is 46.6 Å². The highest BCUT2D eigenvalue weighted by molar-refractivity contribution is 7.22. The van der Waals surface area contributed by atoms with E-state index in [1.54, 1.807) is 0 Å². The lowest BCUT2D eigenvalue weighted by molar-refractivity contribution is -0.152. The number of esters is 1. The van der Waals surface area contributed by atoms with E-state index in [0.717, 1.165) is 35.8 Å². The van der Waals surface area contributed by atoms with Crippen molar-refractivity contribution in [2.24, 2.45) is 17.8 Å². The molecule has 0 unspecified atom stereocenters. The Morgan fingerprint density at radius 2 is 1.93 bits per heavy atom. The molecule has 2 atom stereocenters. The summed E-state index contributed by atoms with van der Waals surface area (Å²) in [6.07, 6.45) is 4.03. The number of halogens is 2. The zero-order valence-corrected chi connectivity index (χ0v) is 18.0. The second-order valence-corrected chi connectivity index (χ2v) is 9.47. The number of anilines is 1. The Morgan fingerprint density at radius 3 is 2.67 bits per heavy atom. The number of aromatic nitrogens is 2. The summed E-state index contributed by atoms with van der Waals surface area (Å²) in [5, 5.41) is 4.22. The highest BCUT2D eigenvalue weighted by atomic mass is 35.5. The molecule has 3 saturated carbocycles. The third kappa shape index (κ3) is 3.34. The van der Waals surface area contributed by atoms with Crippen molar-refractivity contribution in [1.82, 2.24) is 9.97 Å². The fourth-order valence-corrected chi connectivity index (χ4v) is 6.28. The van der Waals surface area contributed by atoms with Gasteiger partial charge in [-0.3, -0.25) is 4.79 Å². The maximum absolute atomic E-state index is 15.5. The Labute approximate surface area is 182 Å². The fourth-order valence-electron chi connectivity index (χ4n) is 5.07. The van der Waals surface area contributed by atoms with Gasteiger partial charge in [0.05, 0.1) is 17.9 Å². The van der Waals surface area contributed by atoms with Gasteiger partial charge >= 0.3 is 5.97 Å². The van der Waals surface area contributed by atoms with Crippen molar-refractivity contribution in [3.63, 3.8) is 0 Å². The van der Waals surface area contributed by atoms with Gasteiger partial charge in [0, 0.05) is 10.7 Å². The van der Waals surface area contributed by atoms with Crippen molar-refractivity contribution in [3.8, 4) is 10.6 Å². The SMILES string of the molecule is COC(=O)[C@@H]1C2CCC(CC2)[C@H]1Nc1nc(Cl)nc(-c2cc3ccccc3s2)c1F. The zero-order valence-electron chi connectivity index (χ0n) is 16.4. The van der Waals surface area contributed by atoms with Crippen LogP contribution in [0, 0.1) is 23.6 Å². The molecule has 1 aromatic carbocycles. The summed E-state index contributed by atoms with van der Waals surface area (Å²) in [6.45, 7) is 0. The van der Waals surface area contributed by atoms with Gasteiger partial charge in [-0.25, -0.2) is 9.37 Å². The van der Waals surface area contributed by atoms with Gasteiger partial charge < -0.3 is 10.1 Å². The van der Waals surface area contributed by atoms with E-state index in [0.29, 0.717) is 4.88 Å². The number of carbonyl (C=O) groups excluding carboxylic acids is 1. The molecule has 30 heavy (non-hydrogen) atoms. The number of thiophene rings is 1. The topological polar surface area (TPSA) is 64.1 Å². The summed E-state index contributed by atoms with van der Waals surface area (Å²) in [6, 6.07) is 9.55. The number of ether oxygens (including phenoxy) is 1. The molecule has 3 aliphatic rings. The highest BCUT2D eigenvalue weighted by Gasteiger charge is 2.48. The van der Waals surface area contributed by atoms with Crippen molar-refractivity contribution >= 4 is 44.8 Å². The average molecular weight is 446 g/mol. The minimum atomic E-state index is -0.545. The van der Waals surface area contributed by atoms with Crippen LogP contribution < -0.4 is 5.32 Å². The van der Waals surface area contributed by atoms with Crippen LogP contribution in [0.3, 0.4) is 0 Å². The molecule has 0 radical (unpaired) electrons. The predicted molar refractivity (Wildman–Crippen MR) is 116 cm³/mol. The summed E-state index contributed by atoms with van der Waals surface area (Å²) in [5.74, 6) is -0.511. The first-order valence-corrected chi connectivity index (χ1v) is 11.3. The number of nitrogens with one attached hydrogen (secondary N) is 1. The van der Waals surface area contributed by atoms with Gasteiger partial charge in [0.25, 0.3) is 0 Å². The summed E-state index contributed by atoms with van der Waals surface area (Å²) >= 11 is 7.64. The molecule has 3 aromatic rings. The summed E-state index contributed by atoms with van der Waals surface area (Å²) in [4.78, 5) is 21.5. The van der Waals surface area contributed by atoms with Crippen LogP contribution in [0.15, 0.2) is 30.3 Å². The van der Waals surface area contributed by atoms with Crippen LogP contribution in [0.5, 0.6) is 0 Å². The normalized spacial score (nSPS) is 25.4. The molecule has 3 fully saturated rings. The molecule has 0 saturated heterocycles. The summed E-state index contributed by atoms with van der Waals surface area (Å²) in [5.41, 5.74) is 0.175. The van der Waals surface area contributed by atoms with Crippen molar-refractivity contribution in [3.05, 3.63) is 41.4 Å². The quantitative estimate of drug-likeness (QED) is 0.422. The van der Waals surface area contributed by atoms with Gasteiger partial charge in [0.1, 0.15) is 5.69 Å². The summed E-state index contributed by atoms with van der Waals surface area (Å²) in [7, 11) is 1.41. The number of benzene rings is 1. The number of nitrogens with zero attached hydrogens (tertiary/aromatic N) is 2. The second kappa shape index (κ2) is 7.78. The lowest BCUT2D eigenvalue weighted by Gasteiger charge is -2.47. The molecule has 6 rings (SSSR count). The number of carbonyl (C=O) groups is 1. The van der Waals surface area contributed by atoms with Gasteiger partial charge in [0.2, 0.25) is 5.28 Å². The van der Waals surface area contributed by atoms with Gasteiger partial charge in [0.15, 0.2) is 11.6 Å². The summed E-state index contributed by atoms with van der Waals surface area (Å²) < 4.78 is 21.6. The number of hydrogen-bond acceptors (Lipinski definition) is 6. The first-order valence-electron chi connectivity index (χ1n) is 10.1. The van der Waals surface area contributed by atoms with E-state index < -0.39 is 5.82 Å². The van der Waals surface area contributed by atoms with Crippen molar-refractivity contribution in [1.29, 1.82) is 0 Å². The van der Waals surface area contributed by atoms with Crippen LogP contribution in [0.4, 0.5) is 10.2 Å². The molecule has 0 aliphatic heterocycles. The number of fused-ring (bicyclic) bond motifs is 4. The molecule has 8 heteroatoms. The molecule has 5 nitrogen and oxygen atoms in total. The number of rotatable bonds is 4. The van der Waals surface area contributed by atoms with Crippen LogP contribution in [-0.2, 0) is 9.53 Å². The van der Waals surface area contributed by atoms with E-state index in [1.807, 2.05) is 30.3 Å². The minimum Gasteiger partial charge on any atom is -0.469 e. The lowest BCUT2D eigenvalue weighted by Crippen LogP contribution is -2.52. The van der Waals surface area contributed by atoms with Crippen LogP contribution in [0.25, 0.3) is 20.7 Å². The Kier molecular flexibility index (Phi) is 5.11. The second-order valence-electron chi connectivity index (χ2n) is 8.05. The Morgan fingerprint density at radius 1 is 1.20 bits per heavy atom. The van der Waals surface area contributed by atoms with Crippen molar-refractivity contribution < 1.29 is 13.9 Å². The predicted octanol–water partition coefficient (Wildman–Crippen LogP) is 5.54. The maximum Gasteiger partial charge on any atom is 0.311 e. The molecule has 2 aromatic heterocycles. The van der Waals surface area contributed by atoms with Crippen molar-refractivity contribution in [2.75, 3.05) is 12.4 Å². The van der Waals surface area contributed by atoms with E-state index in [9.17, 15) is 4.79 Å². The van der Waals surface area contributed by atoms with E-state index in [1.165, 1.54) is 18.4 Å². The molecule has 3 aliphatic carbocycles. The first-order chi connectivity index (χ1) is 14.5. The van der Waals surface area contributed by atoms with E-state index in [2.05, 4.69) is 15.3 Å². The van der Waals surface area contributed by atoms with Gasteiger partial charge in [-0.1, -0.05) is 18.2 Å². The van der Waals surface area contributed by atoms with Gasteiger partial charge in [-0.15, -0.1) is 11.3 Å². The standard InChI is InChI=1S/C22H21ClFN3O2S/c1-29-21(28)16-11-6-8-12(9-7-11)18(16)25-20-17(24)19(26-22(23)27-20)15-10-13-4-2-3-5-14(13)30-15/h2-5,10-12,16,18H,6-9H2,1H3,(H,25,26,27)/t11?,12?,16-,18-/m1/s1. The van der Waals surface area contributed by atoms with Crippen LogP contribution in [0.1, 0.15) is 25.7 Å². The molecule has 1 N–H and O–H groups in total. The molecule has 0 spiro atoms. The molecular weight excluding hydrogens is 425 g/mol. The largest absolute Gasteiger partial charge is 0.469 e. The van der Waals surface area contributed by atoms with E-state index >= 15 is 4.39 Å². The Bertz CT molecular complexity index is 1080. The lowest BCUT2D eigenvalue weighted by atomic mass is 9.61. The van der Waals surface area contributed by atoms with Gasteiger partial charge in [-0.2, -0.15) is 4.98 Å². The van der Waals surface area contributed by atoms with Gasteiger partial charge in [-0.05, 0) is 66.6 Å². The first kappa shape index (κ1) is 19.7. The highest BCUT2D eigenvalue weighted by Crippen LogP contribution is 2.47. The molecule has 156 valence electrons. The molecule has 2 heterocycles. The minimum absolute atomic E-state index is 0.0260. The number of methoxy groups -OCH3 is 1. The van der Waals surface area contributed by atoms with E-state index in [4.69, 9.17) is 16.3 Å². The molecular formula is C22H21ClFN3O2S. The third-order valence-electron chi connectivity index (χ3n) is 6.48. The third-order valence-corrected chi connectivity index (χ3v) is 7.77. The van der Waals surface area contributed by atoms with Crippen LogP contribution >= 0.6 is 22.9 Å². The fraction of sp³-hybridized carbons (Fsp3) is 0.409. The Hall–Kier alpha value is -2.25. The monoisotopic (exact) mass is 445 g/mol. The van der Waals surface area contributed by atoms with Crippen LogP contribution in [0.2, 0.25) is 5.28 Å². The Balaban J connectivity index is 1.52.